The molecule has 0 fully saturated rings. The summed E-state index contributed by atoms with van der Waals surface area (Å²) in [5, 5.41) is 11.4. The highest BCUT2D eigenvalue weighted by Gasteiger charge is 2.14. The number of benzene rings is 1. The zero-order valence-electron chi connectivity index (χ0n) is 17.3. The van der Waals surface area contributed by atoms with Crippen LogP contribution in [0.15, 0.2) is 41.9 Å². The summed E-state index contributed by atoms with van der Waals surface area (Å²) < 4.78 is 7.70. The van der Waals surface area contributed by atoms with Crippen molar-refractivity contribution in [2.45, 2.75) is 39.8 Å². The van der Waals surface area contributed by atoms with Crippen molar-refractivity contribution in [2.24, 2.45) is 12.0 Å². The van der Waals surface area contributed by atoms with Gasteiger partial charge in [-0.3, -0.25) is 9.67 Å². The Bertz CT molecular complexity index is 785. The second-order valence-corrected chi connectivity index (χ2v) is 6.19. The van der Waals surface area contributed by atoms with Crippen LogP contribution in [-0.4, -0.2) is 29.4 Å². The van der Waals surface area contributed by atoms with Gasteiger partial charge in [0.05, 0.1) is 5.69 Å². The SMILES string of the molecule is C=CCOc1ccccc1CNC(=NC)NCc1c(CC)nn(C)c1CC.I. The lowest BCUT2D eigenvalue weighted by molar-refractivity contribution is 0.358. The fourth-order valence-electron chi connectivity index (χ4n) is 3.11. The van der Waals surface area contributed by atoms with Crippen LogP contribution in [-0.2, 0) is 33.0 Å². The number of aryl methyl sites for hydroxylation is 2. The zero-order chi connectivity index (χ0) is 19.6. The third-order valence-electron chi connectivity index (χ3n) is 4.46. The number of halogens is 1. The summed E-state index contributed by atoms with van der Waals surface area (Å²) in [7, 11) is 3.79. The molecule has 7 heteroatoms. The van der Waals surface area contributed by atoms with Gasteiger partial charge >= 0.3 is 0 Å². The average molecular weight is 497 g/mol. The number of ether oxygens (including phenoxy) is 1. The van der Waals surface area contributed by atoms with Gasteiger partial charge in [0.15, 0.2) is 5.96 Å². The van der Waals surface area contributed by atoms with Gasteiger partial charge in [-0.25, -0.2) is 0 Å². The van der Waals surface area contributed by atoms with Crippen molar-refractivity contribution < 1.29 is 4.74 Å². The van der Waals surface area contributed by atoms with Crippen molar-refractivity contribution in [1.82, 2.24) is 20.4 Å². The van der Waals surface area contributed by atoms with Crippen molar-refractivity contribution in [2.75, 3.05) is 13.7 Å². The molecular weight excluding hydrogens is 465 g/mol. The molecule has 1 aromatic heterocycles. The number of aromatic nitrogens is 2. The molecule has 0 radical (unpaired) electrons. The first kappa shape index (κ1) is 24.0. The minimum Gasteiger partial charge on any atom is -0.489 e. The molecule has 0 saturated heterocycles. The predicted molar refractivity (Wildman–Crippen MR) is 127 cm³/mol. The molecule has 0 saturated carbocycles. The van der Waals surface area contributed by atoms with Crippen LogP contribution in [0.1, 0.15) is 36.4 Å². The van der Waals surface area contributed by atoms with E-state index < -0.39 is 0 Å². The van der Waals surface area contributed by atoms with Gasteiger partial charge in [0, 0.05) is 44.0 Å². The van der Waals surface area contributed by atoms with E-state index in [1.54, 1.807) is 13.1 Å². The lowest BCUT2D eigenvalue weighted by atomic mass is 10.1. The number of hydrogen-bond acceptors (Lipinski definition) is 3. The third-order valence-corrected chi connectivity index (χ3v) is 4.46. The second-order valence-electron chi connectivity index (χ2n) is 6.19. The van der Waals surface area contributed by atoms with E-state index >= 15 is 0 Å². The van der Waals surface area contributed by atoms with Crippen molar-refractivity contribution in [1.29, 1.82) is 0 Å². The summed E-state index contributed by atoms with van der Waals surface area (Å²) in [6.45, 7) is 9.82. The maximum Gasteiger partial charge on any atom is 0.191 e. The topological polar surface area (TPSA) is 63.5 Å². The van der Waals surface area contributed by atoms with E-state index in [4.69, 9.17) is 4.74 Å². The Labute approximate surface area is 185 Å². The van der Waals surface area contributed by atoms with Crippen LogP contribution in [0.4, 0.5) is 0 Å². The summed E-state index contributed by atoms with van der Waals surface area (Å²) in [5.41, 5.74) is 4.74. The molecule has 6 nitrogen and oxygen atoms in total. The predicted octanol–water partition coefficient (Wildman–Crippen LogP) is 3.59. The normalized spacial score (nSPS) is 10.9. The van der Waals surface area contributed by atoms with E-state index in [-0.39, 0.29) is 24.0 Å². The Morgan fingerprint density at radius 3 is 2.57 bits per heavy atom. The van der Waals surface area contributed by atoms with Crippen LogP contribution in [0.2, 0.25) is 0 Å². The lowest BCUT2D eigenvalue weighted by Gasteiger charge is -2.15. The summed E-state index contributed by atoms with van der Waals surface area (Å²) in [6.07, 6.45) is 3.63. The Morgan fingerprint density at radius 2 is 1.93 bits per heavy atom. The average Bonchev–Trinajstić information content (AvgIpc) is 3.01. The van der Waals surface area contributed by atoms with E-state index in [9.17, 15) is 0 Å². The fourth-order valence-corrected chi connectivity index (χ4v) is 3.11. The maximum atomic E-state index is 5.72. The molecule has 154 valence electrons. The van der Waals surface area contributed by atoms with Gasteiger partial charge in [-0.1, -0.05) is 44.7 Å². The minimum atomic E-state index is 0. The minimum absolute atomic E-state index is 0. The van der Waals surface area contributed by atoms with Crippen molar-refractivity contribution in [3.8, 4) is 5.75 Å². The first-order valence-electron chi connectivity index (χ1n) is 9.44. The molecule has 0 atom stereocenters. The number of para-hydroxylation sites is 1. The van der Waals surface area contributed by atoms with Crippen LogP contribution < -0.4 is 15.4 Å². The third kappa shape index (κ3) is 6.25. The van der Waals surface area contributed by atoms with Gasteiger partial charge in [0.25, 0.3) is 0 Å². The number of aliphatic imine (C=N–C) groups is 1. The van der Waals surface area contributed by atoms with Crippen LogP contribution >= 0.6 is 24.0 Å². The van der Waals surface area contributed by atoms with Crippen LogP contribution in [0.3, 0.4) is 0 Å². The van der Waals surface area contributed by atoms with Gasteiger partial charge in [0.1, 0.15) is 12.4 Å². The van der Waals surface area contributed by atoms with Gasteiger partial charge in [-0.2, -0.15) is 5.10 Å². The molecular formula is C21H32IN5O. The monoisotopic (exact) mass is 497 g/mol. The molecule has 0 aliphatic heterocycles. The Hall–Kier alpha value is -2.03. The summed E-state index contributed by atoms with van der Waals surface area (Å²) in [6, 6.07) is 7.98. The van der Waals surface area contributed by atoms with Crippen LogP contribution in [0.25, 0.3) is 0 Å². The first-order valence-corrected chi connectivity index (χ1v) is 9.44. The standard InChI is InChI=1S/C21H31N5O.HI/c1-6-13-27-20-12-10-9-11-16(20)14-23-21(22-4)24-15-17-18(7-2)25-26(5)19(17)8-3;/h6,9-12H,1,7-8,13-15H2,2-5H3,(H2,22,23,24);1H. The van der Waals surface area contributed by atoms with Crippen molar-refractivity contribution in [3.63, 3.8) is 0 Å². The van der Waals surface area contributed by atoms with Crippen molar-refractivity contribution >= 4 is 29.9 Å². The Kier molecular flexibility index (Phi) is 10.7. The smallest absolute Gasteiger partial charge is 0.191 e. The maximum absolute atomic E-state index is 5.72. The highest BCUT2D eigenvalue weighted by molar-refractivity contribution is 14.0. The Balaban J connectivity index is 0.00000392. The highest BCUT2D eigenvalue weighted by atomic mass is 127. The number of guanidine groups is 1. The molecule has 0 spiro atoms. The molecule has 1 heterocycles. The molecule has 2 rings (SSSR count). The number of nitrogens with zero attached hydrogens (tertiary/aromatic N) is 3. The lowest BCUT2D eigenvalue weighted by Crippen LogP contribution is -2.36. The van der Waals surface area contributed by atoms with E-state index in [1.165, 1.54) is 11.3 Å². The van der Waals surface area contributed by atoms with Gasteiger partial charge in [-0.15, -0.1) is 24.0 Å². The molecule has 0 aliphatic rings. The highest BCUT2D eigenvalue weighted by Crippen LogP contribution is 2.18. The van der Waals surface area contributed by atoms with Crippen LogP contribution in [0, 0.1) is 0 Å². The summed E-state index contributed by atoms with van der Waals surface area (Å²) in [4.78, 5) is 4.34. The molecule has 2 N–H and O–H groups in total. The van der Waals surface area contributed by atoms with Gasteiger partial charge < -0.3 is 15.4 Å². The fraction of sp³-hybridized carbons (Fsp3) is 0.429. The number of nitrogens with one attached hydrogen (secondary N) is 2. The van der Waals surface area contributed by atoms with Crippen molar-refractivity contribution in [3.05, 3.63) is 59.4 Å². The largest absolute Gasteiger partial charge is 0.489 e. The number of hydrogen-bond donors (Lipinski definition) is 2. The Morgan fingerprint density at radius 1 is 1.21 bits per heavy atom. The molecule has 0 bridgehead atoms. The summed E-state index contributed by atoms with van der Waals surface area (Å²) >= 11 is 0. The second kappa shape index (κ2) is 12.4. The zero-order valence-corrected chi connectivity index (χ0v) is 19.6. The van der Waals surface area contributed by atoms with E-state index in [0.29, 0.717) is 19.7 Å². The summed E-state index contributed by atoms with van der Waals surface area (Å²) in [5.74, 6) is 1.61. The molecule has 0 unspecified atom stereocenters. The van der Waals surface area contributed by atoms with Gasteiger partial charge in [0.2, 0.25) is 0 Å². The van der Waals surface area contributed by atoms with E-state index in [0.717, 1.165) is 35.8 Å². The first-order chi connectivity index (χ1) is 13.1. The molecule has 28 heavy (non-hydrogen) atoms. The number of rotatable bonds is 9. The van der Waals surface area contributed by atoms with E-state index in [2.05, 4.69) is 41.2 Å². The van der Waals surface area contributed by atoms with Crippen LogP contribution in [0.5, 0.6) is 5.75 Å². The molecule has 0 aliphatic carbocycles. The molecule has 0 amide bonds. The van der Waals surface area contributed by atoms with E-state index in [1.807, 2.05) is 36.0 Å². The van der Waals surface area contributed by atoms with Gasteiger partial charge in [-0.05, 0) is 18.9 Å². The molecule has 1 aromatic carbocycles. The quantitative estimate of drug-likeness (QED) is 0.241. The molecule has 2 aromatic rings.